The van der Waals surface area contributed by atoms with E-state index in [-0.39, 0.29) is 30.4 Å². The van der Waals surface area contributed by atoms with E-state index in [1.807, 2.05) is 32.0 Å². The van der Waals surface area contributed by atoms with Gasteiger partial charge < -0.3 is 14.0 Å². The van der Waals surface area contributed by atoms with Gasteiger partial charge in [0.25, 0.3) is 0 Å². The van der Waals surface area contributed by atoms with Crippen molar-refractivity contribution in [1.82, 2.24) is 24.5 Å². The van der Waals surface area contributed by atoms with Crippen LogP contribution in [0.15, 0.2) is 39.6 Å². The zero-order chi connectivity index (χ0) is 20.4. The van der Waals surface area contributed by atoms with Crippen molar-refractivity contribution in [3.8, 4) is 0 Å². The van der Waals surface area contributed by atoms with E-state index in [4.69, 9.17) is 14.0 Å². The van der Waals surface area contributed by atoms with Crippen molar-refractivity contribution >= 4 is 0 Å². The number of hydrogen-bond donors (Lipinski definition) is 0. The second-order valence-corrected chi connectivity index (χ2v) is 7.06. The van der Waals surface area contributed by atoms with E-state index >= 15 is 0 Å². The van der Waals surface area contributed by atoms with Crippen molar-refractivity contribution in [2.24, 2.45) is 0 Å². The Hall–Kier alpha value is -2.78. The van der Waals surface area contributed by atoms with Crippen LogP contribution >= 0.6 is 0 Å². The number of ether oxygens (including phenoxy) is 2. The van der Waals surface area contributed by atoms with Crippen molar-refractivity contribution in [3.05, 3.63) is 63.9 Å². The molecule has 1 aromatic carbocycles. The lowest BCUT2D eigenvalue weighted by Crippen LogP contribution is -2.26. The zero-order valence-corrected chi connectivity index (χ0v) is 16.8. The molecule has 154 valence electrons. The summed E-state index contributed by atoms with van der Waals surface area (Å²) in [5.74, 6) is 1.54. The monoisotopic (exact) mass is 399 g/mol. The third kappa shape index (κ3) is 3.75. The standard InChI is InChI=1S/C20H25N5O4/c1-4-24-19(17-15(10-11-28-17)14-8-6-5-7-9-14)22-25(20(24)26)12-16-21-18(23-29-16)13(2)27-3/h5-9,13,15,17H,4,10-12H2,1-3H3/t13-,15-,17-/m0/s1. The van der Waals surface area contributed by atoms with Crippen LogP contribution in [-0.4, -0.2) is 38.2 Å². The normalized spacial score (nSPS) is 20.2. The Morgan fingerprint density at radius 1 is 1.31 bits per heavy atom. The molecule has 1 saturated heterocycles. The van der Waals surface area contributed by atoms with Gasteiger partial charge in [0.15, 0.2) is 11.6 Å². The van der Waals surface area contributed by atoms with E-state index in [1.54, 1.807) is 11.7 Å². The minimum Gasteiger partial charge on any atom is -0.374 e. The molecule has 0 radical (unpaired) electrons. The molecule has 9 heteroatoms. The van der Waals surface area contributed by atoms with E-state index in [0.29, 0.717) is 30.7 Å². The van der Waals surface area contributed by atoms with Crippen molar-refractivity contribution in [2.45, 2.75) is 51.5 Å². The number of hydrogen-bond acceptors (Lipinski definition) is 7. The first-order valence-electron chi connectivity index (χ1n) is 9.81. The summed E-state index contributed by atoms with van der Waals surface area (Å²) in [6, 6.07) is 10.2. The lowest BCUT2D eigenvalue weighted by atomic mass is 9.92. The van der Waals surface area contributed by atoms with Crippen LogP contribution in [-0.2, 0) is 22.6 Å². The number of benzene rings is 1. The Kier molecular flexibility index (Phi) is 5.59. The third-order valence-electron chi connectivity index (χ3n) is 5.33. The minimum atomic E-state index is -0.286. The molecular weight excluding hydrogens is 374 g/mol. The number of nitrogens with zero attached hydrogens (tertiary/aromatic N) is 5. The number of rotatable bonds is 7. The van der Waals surface area contributed by atoms with Gasteiger partial charge in [-0.1, -0.05) is 35.5 Å². The van der Waals surface area contributed by atoms with E-state index in [9.17, 15) is 4.79 Å². The number of aromatic nitrogens is 5. The summed E-state index contributed by atoms with van der Waals surface area (Å²) in [4.78, 5) is 17.2. The molecule has 9 nitrogen and oxygen atoms in total. The molecule has 2 aromatic heterocycles. The molecule has 3 heterocycles. The highest BCUT2D eigenvalue weighted by atomic mass is 16.5. The van der Waals surface area contributed by atoms with Crippen LogP contribution in [0.25, 0.3) is 0 Å². The zero-order valence-electron chi connectivity index (χ0n) is 16.8. The highest BCUT2D eigenvalue weighted by Gasteiger charge is 2.35. The van der Waals surface area contributed by atoms with Crippen LogP contribution in [0.3, 0.4) is 0 Å². The van der Waals surface area contributed by atoms with Crippen molar-refractivity contribution in [2.75, 3.05) is 13.7 Å². The largest absolute Gasteiger partial charge is 0.374 e. The molecule has 0 N–H and O–H groups in total. The Labute approximate surface area is 168 Å². The van der Waals surface area contributed by atoms with Gasteiger partial charge in [-0.05, 0) is 25.8 Å². The van der Waals surface area contributed by atoms with Gasteiger partial charge in [-0.3, -0.25) is 4.57 Å². The average molecular weight is 399 g/mol. The number of methoxy groups -OCH3 is 1. The quantitative estimate of drug-likeness (QED) is 0.602. The molecular formula is C20H25N5O4. The van der Waals surface area contributed by atoms with E-state index < -0.39 is 0 Å². The first-order chi connectivity index (χ1) is 14.1. The van der Waals surface area contributed by atoms with Gasteiger partial charge in [0.2, 0.25) is 5.89 Å². The predicted molar refractivity (Wildman–Crippen MR) is 103 cm³/mol. The molecule has 29 heavy (non-hydrogen) atoms. The molecule has 3 aromatic rings. The van der Waals surface area contributed by atoms with Crippen LogP contribution in [0.2, 0.25) is 0 Å². The fourth-order valence-electron chi connectivity index (χ4n) is 3.69. The van der Waals surface area contributed by atoms with Crippen molar-refractivity contribution in [1.29, 1.82) is 0 Å². The summed E-state index contributed by atoms with van der Waals surface area (Å²) >= 11 is 0. The fourth-order valence-corrected chi connectivity index (χ4v) is 3.69. The first kappa shape index (κ1) is 19.5. The highest BCUT2D eigenvalue weighted by Crippen LogP contribution is 2.40. The fraction of sp³-hybridized carbons (Fsp3) is 0.500. The molecule has 0 unspecified atom stereocenters. The van der Waals surface area contributed by atoms with Crippen LogP contribution in [0, 0.1) is 0 Å². The van der Waals surface area contributed by atoms with E-state index in [2.05, 4.69) is 27.4 Å². The second kappa shape index (κ2) is 8.30. The summed E-state index contributed by atoms with van der Waals surface area (Å²) in [5.41, 5.74) is 0.971. The molecule has 0 amide bonds. The molecule has 4 rings (SSSR count). The van der Waals surface area contributed by atoms with Crippen LogP contribution < -0.4 is 5.69 Å². The average Bonchev–Trinajstić information content (AvgIpc) is 3.48. The molecule has 0 spiro atoms. The maximum atomic E-state index is 12.9. The van der Waals surface area contributed by atoms with Gasteiger partial charge >= 0.3 is 5.69 Å². The van der Waals surface area contributed by atoms with Gasteiger partial charge in [0, 0.05) is 26.2 Å². The Morgan fingerprint density at radius 2 is 2.10 bits per heavy atom. The van der Waals surface area contributed by atoms with Gasteiger partial charge in [-0.15, -0.1) is 0 Å². The highest BCUT2D eigenvalue weighted by molar-refractivity contribution is 5.23. The molecule has 0 bridgehead atoms. The smallest absolute Gasteiger partial charge is 0.346 e. The maximum absolute atomic E-state index is 12.9. The molecule has 3 atom stereocenters. The van der Waals surface area contributed by atoms with Crippen molar-refractivity contribution in [3.63, 3.8) is 0 Å². The minimum absolute atomic E-state index is 0.102. The summed E-state index contributed by atoms with van der Waals surface area (Å²) < 4.78 is 19.5. The van der Waals surface area contributed by atoms with Gasteiger partial charge in [0.1, 0.15) is 18.8 Å². The lowest BCUT2D eigenvalue weighted by Gasteiger charge is -2.18. The van der Waals surface area contributed by atoms with Gasteiger partial charge in [-0.2, -0.15) is 10.1 Å². The molecule has 1 aliphatic heterocycles. The molecule has 1 fully saturated rings. The summed E-state index contributed by atoms with van der Waals surface area (Å²) in [5, 5.41) is 8.50. The lowest BCUT2D eigenvalue weighted by molar-refractivity contribution is 0.0933. The van der Waals surface area contributed by atoms with E-state index in [1.165, 1.54) is 10.2 Å². The SMILES string of the molecule is CCn1c([C@H]2OCC[C@H]2c2ccccc2)nn(Cc2nc([C@H](C)OC)no2)c1=O. The van der Waals surface area contributed by atoms with Crippen LogP contribution in [0.1, 0.15) is 61.5 Å². The Bertz CT molecular complexity index is 1010. The summed E-state index contributed by atoms with van der Waals surface area (Å²) in [7, 11) is 1.57. The third-order valence-corrected chi connectivity index (χ3v) is 5.33. The first-order valence-corrected chi connectivity index (χ1v) is 9.81. The maximum Gasteiger partial charge on any atom is 0.346 e. The second-order valence-electron chi connectivity index (χ2n) is 7.06. The van der Waals surface area contributed by atoms with Gasteiger partial charge in [0.05, 0.1) is 0 Å². The summed E-state index contributed by atoms with van der Waals surface area (Å²) in [6.45, 7) is 4.99. The molecule has 1 aliphatic rings. The summed E-state index contributed by atoms with van der Waals surface area (Å²) in [6.07, 6.45) is 0.339. The Morgan fingerprint density at radius 3 is 2.83 bits per heavy atom. The predicted octanol–water partition coefficient (Wildman–Crippen LogP) is 2.45. The molecule has 0 saturated carbocycles. The topological polar surface area (TPSA) is 97.2 Å². The van der Waals surface area contributed by atoms with Crippen LogP contribution in [0.5, 0.6) is 0 Å². The van der Waals surface area contributed by atoms with E-state index in [0.717, 1.165) is 6.42 Å². The van der Waals surface area contributed by atoms with Crippen molar-refractivity contribution < 1.29 is 14.0 Å². The van der Waals surface area contributed by atoms with Gasteiger partial charge in [-0.25, -0.2) is 9.48 Å². The van der Waals surface area contributed by atoms with Crippen LogP contribution in [0.4, 0.5) is 0 Å². The molecule has 0 aliphatic carbocycles. The Balaban J connectivity index is 1.64.